The van der Waals surface area contributed by atoms with Gasteiger partial charge in [0, 0.05) is 42.2 Å². The van der Waals surface area contributed by atoms with Gasteiger partial charge in [0.2, 0.25) is 5.91 Å². The molecule has 6 heteroatoms. The lowest BCUT2D eigenvalue weighted by Crippen LogP contribution is -2.34. The quantitative estimate of drug-likeness (QED) is 0.846. The molecule has 6 nitrogen and oxygen atoms in total. The first-order chi connectivity index (χ1) is 11.4. The average Bonchev–Trinajstić information content (AvgIpc) is 2.48. The van der Waals surface area contributed by atoms with Crippen LogP contribution in [0, 0.1) is 20.8 Å². The van der Waals surface area contributed by atoms with Crippen molar-refractivity contribution >= 4 is 5.91 Å². The van der Waals surface area contributed by atoms with E-state index >= 15 is 0 Å². The summed E-state index contributed by atoms with van der Waals surface area (Å²) in [5, 5.41) is 3.00. The average molecular weight is 328 g/mol. The Bertz CT molecular complexity index is 757. The Hall–Kier alpha value is -2.50. The number of hydrogen-bond acceptors (Lipinski definition) is 4. The van der Waals surface area contributed by atoms with Crippen LogP contribution in [0.25, 0.3) is 0 Å². The number of aromatic nitrogens is 3. The molecule has 0 aromatic carbocycles. The van der Waals surface area contributed by atoms with Crippen molar-refractivity contribution in [1.82, 2.24) is 20.3 Å². The molecule has 1 unspecified atom stereocenters. The smallest absolute Gasteiger partial charge is 0.345 e. The van der Waals surface area contributed by atoms with E-state index in [0.29, 0.717) is 25.0 Å². The Morgan fingerprint density at radius 3 is 2.75 bits per heavy atom. The highest BCUT2D eigenvalue weighted by Crippen LogP contribution is 2.10. The van der Waals surface area contributed by atoms with Crippen LogP contribution in [0.5, 0.6) is 0 Å². The molecule has 2 aromatic rings. The van der Waals surface area contributed by atoms with Gasteiger partial charge in [-0.15, -0.1) is 0 Å². The molecule has 0 spiro atoms. The predicted octanol–water partition coefficient (Wildman–Crippen LogP) is 1.77. The van der Waals surface area contributed by atoms with Crippen LogP contribution < -0.4 is 11.0 Å². The molecule has 2 heterocycles. The molecule has 0 bridgehead atoms. The highest BCUT2D eigenvalue weighted by Gasteiger charge is 2.12. The van der Waals surface area contributed by atoms with Crippen molar-refractivity contribution in [3.8, 4) is 0 Å². The van der Waals surface area contributed by atoms with Crippen LogP contribution >= 0.6 is 0 Å². The molecular formula is C18H24N4O2. The second-order valence-electron chi connectivity index (χ2n) is 6.17. The van der Waals surface area contributed by atoms with Gasteiger partial charge in [-0.25, -0.2) is 4.79 Å². The zero-order valence-corrected chi connectivity index (χ0v) is 14.6. The van der Waals surface area contributed by atoms with E-state index in [0.717, 1.165) is 22.5 Å². The largest absolute Gasteiger partial charge is 0.353 e. The number of H-pyrrole nitrogens is 1. The first kappa shape index (κ1) is 17.8. The van der Waals surface area contributed by atoms with Gasteiger partial charge in [-0.2, -0.15) is 4.98 Å². The van der Waals surface area contributed by atoms with E-state index in [9.17, 15) is 9.59 Å². The summed E-state index contributed by atoms with van der Waals surface area (Å²) in [7, 11) is 0. The van der Waals surface area contributed by atoms with Crippen LogP contribution in [-0.4, -0.2) is 26.9 Å². The van der Waals surface area contributed by atoms with Gasteiger partial charge in [0.1, 0.15) is 0 Å². The molecule has 2 rings (SSSR count). The predicted molar refractivity (Wildman–Crippen MR) is 92.9 cm³/mol. The van der Waals surface area contributed by atoms with Crippen molar-refractivity contribution in [2.24, 2.45) is 0 Å². The first-order valence-electron chi connectivity index (χ1n) is 8.13. The van der Waals surface area contributed by atoms with Gasteiger partial charge in [-0.3, -0.25) is 9.78 Å². The highest BCUT2D eigenvalue weighted by molar-refractivity contribution is 5.76. The van der Waals surface area contributed by atoms with Crippen molar-refractivity contribution in [1.29, 1.82) is 0 Å². The van der Waals surface area contributed by atoms with Gasteiger partial charge >= 0.3 is 5.69 Å². The number of amides is 1. The van der Waals surface area contributed by atoms with Gasteiger partial charge in [-0.1, -0.05) is 6.07 Å². The van der Waals surface area contributed by atoms with Crippen LogP contribution in [0.4, 0.5) is 0 Å². The summed E-state index contributed by atoms with van der Waals surface area (Å²) in [6.45, 7) is 7.62. The van der Waals surface area contributed by atoms with E-state index in [-0.39, 0.29) is 17.6 Å². The maximum atomic E-state index is 12.2. The first-order valence-corrected chi connectivity index (χ1v) is 8.13. The van der Waals surface area contributed by atoms with Gasteiger partial charge < -0.3 is 10.3 Å². The molecule has 1 atom stereocenters. The highest BCUT2D eigenvalue weighted by atomic mass is 16.1. The van der Waals surface area contributed by atoms with E-state index in [4.69, 9.17) is 0 Å². The van der Waals surface area contributed by atoms with E-state index in [1.54, 1.807) is 13.1 Å². The number of hydrogen-bond donors (Lipinski definition) is 2. The number of nitrogens with one attached hydrogen (secondary N) is 2. The van der Waals surface area contributed by atoms with Gasteiger partial charge in [0.15, 0.2) is 0 Å². The number of pyridine rings is 1. The van der Waals surface area contributed by atoms with Crippen LogP contribution in [0.3, 0.4) is 0 Å². The monoisotopic (exact) mass is 328 g/mol. The van der Waals surface area contributed by atoms with Crippen LogP contribution in [0.2, 0.25) is 0 Å². The lowest BCUT2D eigenvalue weighted by Gasteiger charge is -2.15. The number of carbonyl (C=O) groups is 1. The summed E-state index contributed by atoms with van der Waals surface area (Å²) < 4.78 is 0. The fourth-order valence-electron chi connectivity index (χ4n) is 2.78. The van der Waals surface area contributed by atoms with Gasteiger partial charge in [0.05, 0.1) is 0 Å². The maximum Gasteiger partial charge on any atom is 0.345 e. The third kappa shape index (κ3) is 4.75. The molecule has 0 saturated heterocycles. The van der Waals surface area contributed by atoms with E-state index in [1.165, 1.54) is 0 Å². The fraction of sp³-hybridized carbons (Fsp3) is 0.444. The Labute approximate surface area is 141 Å². The standard InChI is InChI=1S/C18H24N4O2/c1-11-6-5-9-19-16(11)10-12(2)20-17(23)8-7-15-13(3)21-18(24)22-14(15)4/h5-6,9,12H,7-8,10H2,1-4H3,(H,20,23)(H,21,22,24). The maximum absolute atomic E-state index is 12.2. The molecule has 2 aromatic heterocycles. The van der Waals surface area contributed by atoms with E-state index < -0.39 is 0 Å². The summed E-state index contributed by atoms with van der Waals surface area (Å²) in [5.74, 6) is -0.0129. The molecule has 128 valence electrons. The zero-order valence-electron chi connectivity index (χ0n) is 14.6. The summed E-state index contributed by atoms with van der Waals surface area (Å²) in [5.41, 5.74) is 4.17. The summed E-state index contributed by atoms with van der Waals surface area (Å²) in [6, 6.07) is 3.94. The summed E-state index contributed by atoms with van der Waals surface area (Å²) in [6.07, 6.45) is 3.39. The SMILES string of the molecule is Cc1cccnc1CC(C)NC(=O)CCc1c(C)nc(=O)[nH]c1C. The van der Waals surface area contributed by atoms with Crippen LogP contribution in [0.15, 0.2) is 23.1 Å². The number of aromatic amines is 1. The minimum absolute atomic E-state index is 0.0129. The molecular weight excluding hydrogens is 304 g/mol. The van der Waals surface area contributed by atoms with Crippen molar-refractivity contribution in [3.05, 3.63) is 57.0 Å². The molecule has 0 radical (unpaired) electrons. The molecule has 0 saturated carbocycles. The molecule has 0 aliphatic carbocycles. The molecule has 1 amide bonds. The normalized spacial score (nSPS) is 12.0. The number of carbonyl (C=O) groups excluding carboxylic acids is 1. The summed E-state index contributed by atoms with van der Waals surface area (Å²) in [4.78, 5) is 34.4. The third-order valence-electron chi connectivity index (χ3n) is 4.08. The minimum atomic E-state index is -0.349. The Morgan fingerprint density at radius 2 is 2.08 bits per heavy atom. The number of aryl methyl sites for hydroxylation is 3. The number of nitrogens with zero attached hydrogens (tertiary/aromatic N) is 2. The minimum Gasteiger partial charge on any atom is -0.353 e. The van der Waals surface area contributed by atoms with Crippen molar-refractivity contribution < 1.29 is 4.79 Å². The van der Waals surface area contributed by atoms with Crippen molar-refractivity contribution in [2.75, 3.05) is 0 Å². The second kappa shape index (κ2) is 7.86. The molecule has 0 aliphatic rings. The number of rotatable bonds is 6. The Balaban J connectivity index is 1.90. The Morgan fingerprint density at radius 1 is 1.33 bits per heavy atom. The van der Waals surface area contributed by atoms with Gasteiger partial charge in [-0.05, 0) is 51.3 Å². The zero-order chi connectivity index (χ0) is 17.7. The molecule has 24 heavy (non-hydrogen) atoms. The second-order valence-corrected chi connectivity index (χ2v) is 6.17. The van der Waals surface area contributed by atoms with E-state index in [2.05, 4.69) is 20.3 Å². The van der Waals surface area contributed by atoms with Crippen LogP contribution in [-0.2, 0) is 17.6 Å². The fourth-order valence-corrected chi connectivity index (χ4v) is 2.78. The molecule has 0 fully saturated rings. The Kier molecular flexibility index (Phi) is 5.84. The topological polar surface area (TPSA) is 87.7 Å². The van der Waals surface area contributed by atoms with Gasteiger partial charge in [0.25, 0.3) is 0 Å². The molecule has 2 N–H and O–H groups in total. The lowest BCUT2D eigenvalue weighted by atomic mass is 10.1. The third-order valence-corrected chi connectivity index (χ3v) is 4.08. The van der Waals surface area contributed by atoms with Crippen molar-refractivity contribution in [2.45, 2.75) is 53.0 Å². The lowest BCUT2D eigenvalue weighted by molar-refractivity contribution is -0.121. The van der Waals surface area contributed by atoms with Crippen LogP contribution in [0.1, 0.15) is 41.6 Å². The summed E-state index contributed by atoms with van der Waals surface area (Å²) >= 11 is 0. The molecule has 0 aliphatic heterocycles. The van der Waals surface area contributed by atoms with E-state index in [1.807, 2.05) is 32.9 Å². The van der Waals surface area contributed by atoms with Crippen molar-refractivity contribution in [3.63, 3.8) is 0 Å².